The third-order valence-electron chi connectivity index (χ3n) is 5.05. The van der Waals surface area contributed by atoms with E-state index in [1.165, 1.54) is 0 Å². The lowest BCUT2D eigenvalue weighted by Gasteiger charge is -2.29. The van der Waals surface area contributed by atoms with Gasteiger partial charge in [-0.1, -0.05) is 0 Å². The van der Waals surface area contributed by atoms with Gasteiger partial charge in [-0.25, -0.2) is 9.97 Å². The van der Waals surface area contributed by atoms with E-state index < -0.39 is 11.9 Å². The number of likely N-dealkylation sites (tertiary alicyclic amines) is 1. The van der Waals surface area contributed by atoms with Gasteiger partial charge < -0.3 is 20.3 Å². The zero-order valence-electron chi connectivity index (χ0n) is 16.6. The second kappa shape index (κ2) is 10.1. The summed E-state index contributed by atoms with van der Waals surface area (Å²) in [5.41, 5.74) is -0.956. The van der Waals surface area contributed by atoms with Gasteiger partial charge in [0.1, 0.15) is 5.69 Å². The number of aliphatic imine (C=N–C) groups is 1. The monoisotopic (exact) mass is 415 g/mol. The molecule has 2 N–H and O–H groups in total. The Labute approximate surface area is 168 Å². The summed E-state index contributed by atoms with van der Waals surface area (Å²) in [6.45, 7) is 7.44. The van der Waals surface area contributed by atoms with Crippen LogP contribution in [0, 0.1) is 5.92 Å². The van der Waals surface area contributed by atoms with Crippen molar-refractivity contribution in [3.8, 4) is 0 Å². The van der Waals surface area contributed by atoms with Crippen molar-refractivity contribution in [1.82, 2.24) is 25.1 Å². The maximum Gasteiger partial charge on any atom is 0.433 e. The number of guanidine groups is 1. The van der Waals surface area contributed by atoms with Crippen molar-refractivity contribution in [3.63, 3.8) is 0 Å². The van der Waals surface area contributed by atoms with Crippen LogP contribution in [0.1, 0.15) is 12.1 Å². The molecule has 8 nitrogen and oxygen atoms in total. The minimum atomic E-state index is -4.48. The number of anilines is 1. The first-order chi connectivity index (χ1) is 14.0. The van der Waals surface area contributed by atoms with Crippen LogP contribution >= 0.6 is 0 Å². The number of morpholine rings is 1. The van der Waals surface area contributed by atoms with Gasteiger partial charge in [0.15, 0.2) is 5.96 Å². The molecular formula is C18H28F3N7O. The Morgan fingerprint density at radius 3 is 2.79 bits per heavy atom. The number of hydrogen-bond acceptors (Lipinski definition) is 6. The van der Waals surface area contributed by atoms with Gasteiger partial charge in [0.05, 0.1) is 13.2 Å². The standard InChI is InChI=1S/C18H28F3N7O/c1-22-17(28-7-3-14(13-28)12-27-8-10-29-11-9-27)25-6-5-24-16-23-4-2-15(26-16)18(19,20)21/h2,4,14H,3,5-13H2,1H3,(H,22,25)(H,23,24,26). The van der Waals surface area contributed by atoms with Gasteiger partial charge in [-0.3, -0.25) is 9.89 Å². The van der Waals surface area contributed by atoms with E-state index in [4.69, 9.17) is 4.74 Å². The summed E-state index contributed by atoms with van der Waals surface area (Å²) < 4.78 is 43.5. The summed E-state index contributed by atoms with van der Waals surface area (Å²) in [6.07, 6.45) is -2.26. The SMILES string of the molecule is CN=C(NCCNc1nccc(C(F)(F)F)n1)N1CCC(CN2CCOCC2)C1. The van der Waals surface area contributed by atoms with Crippen molar-refractivity contribution in [2.45, 2.75) is 12.6 Å². The third kappa shape index (κ3) is 6.43. The topological polar surface area (TPSA) is 77.9 Å². The molecule has 3 heterocycles. The van der Waals surface area contributed by atoms with E-state index in [9.17, 15) is 13.2 Å². The maximum atomic E-state index is 12.7. The molecule has 162 valence electrons. The van der Waals surface area contributed by atoms with Crippen LogP contribution < -0.4 is 10.6 Å². The molecule has 1 aromatic rings. The molecule has 0 aromatic carbocycles. The molecule has 1 atom stereocenters. The second-order valence-electron chi connectivity index (χ2n) is 7.18. The summed E-state index contributed by atoms with van der Waals surface area (Å²) in [6, 6.07) is 0.853. The predicted octanol–water partition coefficient (Wildman–Crippen LogP) is 1.14. The van der Waals surface area contributed by atoms with Crippen LogP contribution in [-0.4, -0.2) is 91.8 Å². The lowest BCUT2D eigenvalue weighted by atomic mass is 10.1. The molecule has 2 aliphatic rings. The number of rotatable bonds is 6. The maximum absolute atomic E-state index is 12.7. The zero-order valence-corrected chi connectivity index (χ0v) is 16.6. The van der Waals surface area contributed by atoms with E-state index in [0.29, 0.717) is 19.0 Å². The average Bonchev–Trinajstić information content (AvgIpc) is 3.16. The molecule has 3 rings (SSSR count). The van der Waals surface area contributed by atoms with Gasteiger partial charge >= 0.3 is 6.18 Å². The number of ether oxygens (including phenoxy) is 1. The molecule has 0 saturated carbocycles. The fraction of sp³-hybridized carbons (Fsp3) is 0.722. The Kier molecular flexibility index (Phi) is 7.48. The fourth-order valence-corrected chi connectivity index (χ4v) is 3.61. The number of nitrogens with one attached hydrogen (secondary N) is 2. The lowest BCUT2D eigenvalue weighted by Crippen LogP contribution is -2.43. The van der Waals surface area contributed by atoms with Crippen LogP contribution in [0.15, 0.2) is 17.3 Å². The van der Waals surface area contributed by atoms with E-state index >= 15 is 0 Å². The molecule has 1 unspecified atom stereocenters. The molecule has 2 aliphatic heterocycles. The number of halogens is 3. The van der Waals surface area contributed by atoms with Crippen LogP contribution in [0.5, 0.6) is 0 Å². The predicted molar refractivity (Wildman–Crippen MR) is 104 cm³/mol. The Hall–Kier alpha value is -2.14. The first kappa shape index (κ1) is 21.6. The quantitative estimate of drug-likeness (QED) is 0.410. The van der Waals surface area contributed by atoms with Crippen LogP contribution in [0.25, 0.3) is 0 Å². The average molecular weight is 415 g/mol. The number of aromatic nitrogens is 2. The van der Waals surface area contributed by atoms with E-state index in [0.717, 1.165) is 70.6 Å². The van der Waals surface area contributed by atoms with Gasteiger partial charge in [0.25, 0.3) is 0 Å². The molecule has 1 aromatic heterocycles. The number of nitrogens with zero attached hydrogens (tertiary/aromatic N) is 5. The first-order valence-electron chi connectivity index (χ1n) is 9.85. The summed E-state index contributed by atoms with van der Waals surface area (Å²) in [4.78, 5) is 16.3. The van der Waals surface area contributed by atoms with Crippen molar-refractivity contribution in [1.29, 1.82) is 0 Å². The highest BCUT2D eigenvalue weighted by molar-refractivity contribution is 5.80. The van der Waals surface area contributed by atoms with Gasteiger partial charge in [0, 0.05) is 59.1 Å². The molecule has 0 radical (unpaired) electrons. The number of hydrogen-bond donors (Lipinski definition) is 2. The summed E-state index contributed by atoms with van der Waals surface area (Å²) in [5, 5.41) is 6.07. The van der Waals surface area contributed by atoms with Crippen LogP contribution in [0.3, 0.4) is 0 Å². The van der Waals surface area contributed by atoms with Gasteiger partial charge in [-0.05, 0) is 18.4 Å². The van der Waals surface area contributed by atoms with Crippen LogP contribution in [-0.2, 0) is 10.9 Å². The Morgan fingerprint density at radius 1 is 1.28 bits per heavy atom. The summed E-state index contributed by atoms with van der Waals surface area (Å²) >= 11 is 0. The first-order valence-corrected chi connectivity index (χ1v) is 9.85. The van der Waals surface area contributed by atoms with Crippen LogP contribution in [0.2, 0.25) is 0 Å². The minimum absolute atomic E-state index is 0.0386. The van der Waals surface area contributed by atoms with Gasteiger partial charge in [-0.2, -0.15) is 13.2 Å². The smallest absolute Gasteiger partial charge is 0.379 e. The highest BCUT2D eigenvalue weighted by Crippen LogP contribution is 2.27. The summed E-state index contributed by atoms with van der Waals surface area (Å²) in [7, 11) is 1.74. The summed E-state index contributed by atoms with van der Waals surface area (Å²) in [5.74, 6) is 1.37. The Balaban J connectivity index is 1.39. The van der Waals surface area contributed by atoms with E-state index in [-0.39, 0.29) is 5.95 Å². The molecule has 29 heavy (non-hydrogen) atoms. The molecule has 0 amide bonds. The lowest BCUT2D eigenvalue weighted by molar-refractivity contribution is -0.141. The molecule has 2 fully saturated rings. The largest absolute Gasteiger partial charge is 0.433 e. The minimum Gasteiger partial charge on any atom is -0.379 e. The van der Waals surface area contributed by atoms with Crippen molar-refractivity contribution in [3.05, 3.63) is 18.0 Å². The van der Waals surface area contributed by atoms with E-state index in [1.54, 1.807) is 7.05 Å². The molecule has 0 aliphatic carbocycles. The van der Waals surface area contributed by atoms with E-state index in [2.05, 4.69) is 35.4 Å². The Morgan fingerprint density at radius 2 is 2.07 bits per heavy atom. The van der Waals surface area contributed by atoms with Crippen LogP contribution in [0.4, 0.5) is 19.1 Å². The van der Waals surface area contributed by atoms with Gasteiger partial charge in [-0.15, -0.1) is 0 Å². The molecule has 0 bridgehead atoms. The highest BCUT2D eigenvalue weighted by atomic mass is 19.4. The normalized spacial score (nSPS) is 21.4. The zero-order chi connectivity index (χ0) is 20.7. The molecule has 11 heteroatoms. The number of alkyl halides is 3. The Bertz CT molecular complexity index is 680. The van der Waals surface area contributed by atoms with Crippen molar-refractivity contribution >= 4 is 11.9 Å². The second-order valence-corrected chi connectivity index (χ2v) is 7.18. The molecular weight excluding hydrogens is 387 g/mol. The molecule has 2 saturated heterocycles. The molecule has 0 spiro atoms. The van der Waals surface area contributed by atoms with Gasteiger partial charge in [0.2, 0.25) is 5.95 Å². The highest BCUT2D eigenvalue weighted by Gasteiger charge is 2.32. The van der Waals surface area contributed by atoms with E-state index in [1.807, 2.05) is 0 Å². The van der Waals surface area contributed by atoms with Crippen molar-refractivity contribution < 1.29 is 17.9 Å². The van der Waals surface area contributed by atoms with Crippen molar-refractivity contribution in [2.24, 2.45) is 10.9 Å². The fourth-order valence-electron chi connectivity index (χ4n) is 3.61. The van der Waals surface area contributed by atoms with Crippen molar-refractivity contribution in [2.75, 3.05) is 71.4 Å². The third-order valence-corrected chi connectivity index (χ3v) is 5.05.